The molecule has 11 nitrogen and oxygen atoms in total. The number of aromatic nitrogens is 1. The number of oxime groups is 1. The van der Waals surface area contributed by atoms with Crippen molar-refractivity contribution in [3.63, 3.8) is 0 Å². The van der Waals surface area contributed by atoms with Crippen LogP contribution in [0.2, 0.25) is 0 Å². The van der Waals surface area contributed by atoms with Gasteiger partial charge in [0.15, 0.2) is 11.7 Å². The van der Waals surface area contributed by atoms with E-state index in [4.69, 9.17) is 21.2 Å². The first kappa shape index (κ1) is 23.6. The molecule has 1 saturated heterocycles. The van der Waals surface area contributed by atoms with Crippen LogP contribution < -0.4 is 16.0 Å². The highest BCUT2D eigenvalue weighted by atomic mass is 35.5. The van der Waals surface area contributed by atoms with E-state index in [2.05, 4.69) is 26.1 Å². The average molecular weight is 476 g/mol. The summed E-state index contributed by atoms with van der Waals surface area (Å²) in [5.41, 5.74) is 0.505. The second-order valence-corrected chi connectivity index (χ2v) is 7.62. The number of rotatable bonds is 11. The predicted octanol–water partition coefficient (Wildman–Crippen LogP) is 0.574. The third-order valence-corrected chi connectivity index (χ3v) is 5.29. The van der Waals surface area contributed by atoms with Gasteiger partial charge in [0, 0.05) is 11.5 Å². The maximum Gasteiger partial charge on any atom is 0.331 e. The van der Waals surface area contributed by atoms with Crippen LogP contribution in [0.4, 0.5) is 5.13 Å². The Morgan fingerprint density at radius 1 is 1.47 bits per heavy atom. The molecule has 0 aromatic carbocycles. The van der Waals surface area contributed by atoms with Gasteiger partial charge in [-0.1, -0.05) is 5.16 Å². The Balaban J connectivity index is 1.71. The van der Waals surface area contributed by atoms with Gasteiger partial charge in [0.1, 0.15) is 23.5 Å². The smallest absolute Gasteiger partial charge is 0.331 e. The number of hydrogen-bond donors (Lipinski definition) is 3. The summed E-state index contributed by atoms with van der Waals surface area (Å²) in [6, 6.07) is -0.771. The lowest BCUT2D eigenvalue weighted by molar-refractivity contribution is -0.137. The number of hydrogen-bond acceptors (Lipinski definition) is 10. The largest absolute Gasteiger partial charge is 0.463 e. The van der Waals surface area contributed by atoms with Gasteiger partial charge < -0.3 is 25.5 Å². The third-order valence-electron chi connectivity index (χ3n) is 3.26. The van der Waals surface area contributed by atoms with E-state index in [-0.39, 0.29) is 30.9 Å². The molecule has 1 aliphatic heterocycles. The third kappa shape index (κ3) is 7.65. The number of alkyl halides is 1. The van der Waals surface area contributed by atoms with Crippen LogP contribution in [0.3, 0.4) is 0 Å². The van der Waals surface area contributed by atoms with Crippen molar-refractivity contribution in [1.29, 1.82) is 0 Å². The van der Waals surface area contributed by atoms with E-state index < -0.39 is 23.3 Å². The molecular formula is C16H18ClN5O6S2. The number of ether oxygens (including phenoxy) is 1. The Hall–Kier alpha value is -2.64. The molecule has 1 aliphatic rings. The molecule has 3 amide bonds. The maximum atomic E-state index is 11.9. The van der Waals surface area contributed by atoms with E-state index in [9.17, 15) is 19.2 Å². The number of nitrogens with zero attached hydrogens (tertiary/aromatic N) is 2. The van der Waals surface area contributed by atoms with Crippen LogP contribution >= 0.6 is 34.7 Å². The highest BCUT2D eigenvalue weighted by Gasteiger charge is 2.40. The normalized spacial score (nSPS) is 18.0. The number of anilines is 1. The first-order valence-electron chi connectivity index (χ1n) is 8.48. The zero-order valence-electron chi connectivity index (χ0n) is 15.6. The second-order valence-electron chi connectivity index (χ2n) is 5.44. The average Bonchev–Trinajstić information content (AvgIpc) is 3.16. The van der Waals surface area contributed by atoms with Crippen LogP contribution in [0.25, 0.3) is 0 Å². The Bertz CT molecular complexity index is 846. The van der Waals surface area contributed by atoms with Gasteiger partial charge in [-0.05, 0) is 12.3 Å². The number of thiazole rings is 1. The van der Waals surface area contributed by atoms with Gasteiger partial charge in [0.2, 0.25) is 11.8 Å². The fraction of sp³-hybridized carbons (Fsp3) is 0.375. The number of halogens is 1. The molecule has 1 aromatic rings. The van der Waals surface area contributed by atoms with Crippen molar-refractivity contribution in [3.05, 3.63) is 22.6 Å². The van der Waals surface area contributed by atoms with E-state index in [1.807, 2.05) is 0 Å². The van der Waals surface area contributed by atoms with Gasteiger partial charge in [-0.3, -0.25) is 14.4 Å². The molecule has 0 bridgehead atoms. The van der Waals surface area contributed by atoms with Crippen molar-refractivity contribution in [3.8, 4) is 0 Å². The standard InChI is InChI=1S/C16H18ClN5O6S2/c1-2-27-12(25)3-4-29-15-13(14(26)22-15)20-11(24)6-18-28-7-9-8-30-16(19-9)21-10(23)5-17/h3-4,6,8,13,15H,2,5,7H2,1H3,(H,20,24)(H,22,26)(H,19,21,23)/t13-,15+/m1/s1. The number of β-lactam (4-membered cyclic amide) rings is 1. The molecule has 0 spiro atoms. The molecule has 0 saturated carbocycles. The first-order valence-corrected chi connectivity index (χ1v) is 10.8. The maximum absolute atomic E-state index is 11.9. The molecule has 2 atom stereocenters. The lowest BCUT2D eigenvalue weighted by Gasteiger charge is -2.35. The van der Waals surface area contributed by atoms with Crippen LogP contribution in [0.15, 0.2) is 22.0 Å². The van der Waals surface area contributed by atoms with E-state index >= 15 is 0 Å². The minimum atomic E-state index is -0.771. The SMILES string of the molecule is CCOC(=O)C=CS[C@@H]1NC(=O)[C@H]1NC(=O)C=NOCc1csc(NC(=O)CCl)n1. The molecule has 0 unspecified atom stereocenters. The van der Waals surface area contributed by atoms with E-state index in [0.29, 0.717) is 10.8 Å². The van der Waals surface area contributed by atoms with E-state index in [1.54, 1.807) is 12.3 Å². The zero-order valence-corrected chi connectivity index (χ0v) is 18.0. The minimum absolute atomic E-state index is 0.0158. The number of amides is 3. The summed E-state index contributed by atoms with van der Waals surface area (Å²) in [7, 11) is 0. The zero-order chi connectivity index (χ0) is 21.9. The number of nitrogens with one attached hydrogen (secondary N) is 3. The van der Waals surface area contributed by atoms with Gasteiger partial charge in [0.05, 0.1) is 12.3 Å². The predicted molar refractivity (Wildman–Crippen MR) is 112 cm³/mol. The van der Waals surface area contributed by atoms with Crippen LogP contribution in [0.5, 0.6) is 0 Å². The van der Waals surface area contributed by atoms with Crippen molar-refractivity contribution in [1.82, 2.24) is 15.6 Å². The highest BCUT2D eigenvalue weighted by molar-refractivity contribution is 8.02. The van der Waals surface area contributed by atoms with Crippen LogP contribution in [0, 0.1) is 0 Å². The van der Waals surface area contributed by atoms with Crippen molar-refractivity contribution >= 4 is 69.7 Å². The lowest BCUT2D eigenvalue weighted by Crippen LogP contribution is -2.67. The fourth-order valence-corrected chi connectivity index (χ4v) is 3.61. The molecule has 3 N–H and O–H groups in total. The number of thioether (sulfide) groups is 1. The summed E-state index contributed by atoms with van der Waals surface area (Å²) in [6.07, 6.45) is 2.13. The van der Waals surface area contributed by atoms with Crippen molar-refractivity contribution in [2.24, 2.45) is 5.16 Å². The molecule has 30 heavy (non-hydrogen) atoms. The summed E-state index contributed by atoms with van der Waals surface area (Å²) >= 11 is 7.74. The highest BCUT2D eigenvalue weighted by Crippen LogP contribution is 2.21. The molecule has 1 aromatic heterocycles. The van der Waals surface area contributed by atoms with Crippen LogP contribution in [0.1, 0.15) is 12.6 Å². The molecular weight excluding hydrogens is 458 g/mol. The molecule has 0 aliphatic carbocycles. The molecule has 1 fully saturated rings. The van der Waals surface area contributed by atoms with Crippen molar-refractivity contribution < 1.29 is 28.8 Å². The molecule has 162 valence electrons. The Kier molecular flexibility index (Phi) is 9.57. The van der Waals surface area contributed by atoms with Crippen molar-refractivity contribution in [2.75, 3.05) is 17.8 Å². The lowest BCUT2D eigenvalue weighted by atomic mass is 10.1. The fourth-order valence-electron chi connectivity index (χ4n) is 1.94. The summed E-state index contributed by atoms with van der Waals surface area (Å²) in [6.45, 7) is 1.94. The van der Waals surface area contributed by atoms with Gasteiger partial charge in [-0.15, -0.1) is 34.7 Å². The monoisotopic (exact) mass is 475 g/mol. The first-order chi connectivity index (χ1) is 14.4. The molecule has 2 heterocycles. The van der Waals surface area contributed by atoms with E-state index in [0.717, 1.165) is 18.0 Å². The van der Waals surface area contributed by atoms with Crippen LogP contribution in [-0.4, -0.2) is 58.8 Å². The molecule has 2 rings (SSSR count). The second kappa shape index (κ2) is 12.1. The minimum Gasteiger partial charge on any atom is -0.463 e. The summed E-state index contributed by atoms with van der Waals surface area (Å²) in [5, 5.41) is 14.2. The Labute approximate surface area is 184 Å². The molecule has 0 radical (unpaired) electrons. The Morgan fingerprint density at radius 2 is 2.27 bits per heavy atom. The summed E-state index contributed by atoms with van der Waals surface area (Å²) in [5.74, 6) is -2.02. The van der Waals surface area contributed by atoms with E-state index in [1.165, 1.54) is 22.8 Å². The van der Waals surface area contributed by atoms with Gasteiger partial charge in [0.25, 0.3) is 5.91 Å². The topological polar surface area (TPSA) is 148 Å². The van der Waals surface area contributed by atoms with Crippen molar-refractivity contribution in [2.45, 2.75) is 24.9 Å². The quantitative estimate of drug-likeness (QED) is 0.105. The summed E-state index contributed by atoms with van der Waals surface area (Å²) < 4.78 is 4.74. The van der Waals surface area contributed by atoms with Gasteiger partial charge in [-0.2, -0.15) is 0 Å². The molecule has 14 heteroatoms. The number of carbonyl (C=O) groups excluding carboxylic acids is 4. The summed E-state index contributed by atoms with van der Waals surface area (Å²) in [4.78, 5) is 55.0. The Morgan fingerprint density at radius 3 is 2.97 bits per heavy atom. The number of esters is 1. The van der Waals surface area contributed by atoms with Gasteiger partial charge >= 0.3 is 5.97 Å². The number of carbonyl (C=O) groups is 4. The van der Waals surface area contributed by atoms with Crippen LogP contribution in [-0.2, 0) is 35.4 Å². The van der Waals surface area contributed by atoms with Gasteiger partial charge in [-0.25, -0.2) is 9.78 Å².